The van der Waals surface area contributed by atoms with Crippen molar-refractivity contribution in [2.24, 2.45) is 5.73 Å². The van der Waals surface area contributed by atoms with Crippen molar-refractivity contribution < 1.29 is 4.74 Å². The zero-order valence-electron chi connectivity index (χ0n) is 13.3. The van der Waals surface area contributed by atoms with Crippen LogP contribution in [0.15, 0.2) is 24.3 Å². The molecule has 1 aromatic carbocycles. The number of hydrogen-bond donors (Lipinski definition) is 1. The van der Waals surface area contributed by atoms with Crippen LogP contribution in [0.5, 0.6) is 0 Å². The Labute approximate surface area is 133 Å². The highest BCUT2D eigenvalue weighted by Crippen LogP contribution is 2.38. The Morgan fingerprint density at radius 1 is 1.48 bits per heavy atom. The molecule has 4 heteroatoms. The normalized spacial score (nSPS) is 27.8. The molecule has 118 valence electrons. The van der Waals surface area contributed by atoms with Gasteiger partial charge in [0.2, 0.25) is 0 Å². The first-order chi connectivity index (χ1) is 10.0. The lowest BCUT2D eigenvalue weighted by Gasteiger charge is -2.51. The molecule has 1 saturated carbocycles. The molecule has 0 saturated heterocycles. The standard InChI is InChI=1S/C17H27ClN2O/c1-13(14-7-6-8-15(18)11-14)20(2)17(12-19)10-5-4-9-16(17)21-3/h6-8,11,13,16H,4-5,9-10,12,19H2,1-3H3. The van der Waals surface area contributed by atoms with Crippen molar-refractivity contribution in [1.29, 1.82) is 0 Å². The van der Waals surface area contributed by atoms with E-state index in [2.05, 4.69) is 24.9 Å². The summed E-state index contributed by atoms with van der Waals surface area (Å²) >= 11 is 6.14. The van der Waals surface area contributed by atoms with Gasteiger partial charge in [0.05, 0.1) is 11.6 Å². The second-order valence-electron chi connectivity index (χ2n) is 6.12. The molecule has 0 heterocycles. The molecule has 0 radical (unpaired) electrons. The SMILES string of the molecule is COC1CCCCC1(CN)N(C)C(C)c1cccc(Cl)c1. The largest absolute Gasteiger partial charge is 0.379 e. The molecule has 0 spiro atoms. The van der Waals surface area contributed by atoms with Gasteiger partial charge in [0.1, 0.15) is 0 Å². The smallest absolute Gasteiger partial charge is 0.0767 e. The molecular formula is C17H27ClN2O. The van der Waals surface area contributed by atoms with Crippen LogP contribution in [0, 0.1) is 0 Å². The maximum Gasteiger partial charge on any atom is 0.0767 e. The fourth-order valence-electron chi connectivity index (χ4n) is 3.68. The lowest BCUT2D eigenvalue weighted by molar-refractivity contribution is -0.0790. The van der Waals surface area contributed by atoms with E-state index < -0.39 is 0 Å². The van der Waals surface area contributed by atoms with Crippen molar-refractivity contribution in [3.63, 3.8) is 0 Å². The van der Waals surface area contributed by atoms with Gasteiger partial charge in [0.25, 0.3) is 0 Å². The molecule has 0 aliphatic heterocycles. The zero-order valence-corrected chi connectivity index (χ0v) is 14.1. The number of benzene rings is 1. The number of nitrogens with zero attached hydrogens (tertiary/aromatic N) is 1. The van der Waals surface area contributed by atoms with Crippen molar-refractivity contribution in [2.45, 2.75) is 50.3 Å². The second-order valence-corrected chi connectivity index (χ2v) is 6.56. The first-order valence-electron chi connectivity index (χ1n) is 7.76. The van der Waals surface area contributed by atoms with Crippen molar-refractivity contribution in [3.05, 3.63) is 34.9 Å². The lowest BCUT2D eigenvalue weighted by atomic mass is 9.76. The number of hydrogen-bond acceptors (Lipinski definition) is 3. The first kappa shape index (κ1) is 16.8. The topological polar surface area (TPSA) is 38.5 Å². The van der Waals surface area contributed by atoms with Gasteiger partial charge in [-0.2, -0.15) is 0 Å². The molecule has 0 aromatic heterocycles. The van der Waals surface area contributed by atoms with Crippen LogP contribution in [0.1, 0.15) is 44.2 Å². The molecular weight excluding hydrogens is 284 g/mol. The summed E-state index contributed by atoms with van der Waals surface area (Å²) in [6.07, 6.45) is 4.80. The molecule has 3 unspecified atom stereocenters. The van der Waals surface area contributed by atoms with Crippen molar-refractivity contribution in [2.75, 3.05) is 20.7 Å². The Bertz CT molecular complexity index is 468. The van der Waals surface area contributed by atoms with Crippen LogP contribution in [-0.2, 0) is 4.74 Å². The summed E-state index contributed by atoms with van der Waals surface area (Å²) in [6, 6.07) is 8.34. The predicted octanol–water partition coefficient (Wildman–Crippen LogP) is 3.62. The maximum atomic E-state index is 6.20. The quantitative estimate of drug-likeness (QED) is 0.902. The highest BCUT2D eigenvalue weighted by molar-refractivity contribution is 6.30. The number of rotatable bonds is 5. The summed E-state index contributed by atoms with van der Waals surface area (Å²) < 4.78 is 5.78. The van der Waals surface area contributed by atoms with Gasteiger partial charge in [0.15, 0.2) is 0 Å². The van der Waals surface area contributed by atoms with Crippen LogP contribution < -0.4 is 5.73 Å². The molecule has 1 aromatic rings. The lowest BCUT2D eigenvalue weighted by Crippen LogP contribution is -2.62. The highest BCUT2D eigenvalue weighted by atomic mass is 35.5. The highest BCUT2D eigenvalue weighted by Gasteiger charge is 2.44. The third-order valence-electron chi connectivity index (χ3n) is 5.18. The average Bonchev–Trinajstić information content (AvgIpc) is 2.53. The minimum atomic E-state index is -0.0886. The Morgan fingerprint density at radius 2 is 2.24 bits per heavy atom. The van der Waals surface area contributed by atoms with E-state index in [1.165, 1.54) is 18.4 Å². The molecule has 3 nitrogen and oxygen atoms in total. The van der Waals surface area contributed by atoms with Gasteiger partial charge >= 0.3 is 0 Å². The fourth-order valence-corrected chi connectivity index (χ4v) is 3.88. The van der Waals surface area contributed by atoms with Crippen LogP contribution in [-0.4, -0.2) is 37.2 Å². The van der Waals surface area contributed by atoms with Crippen LogP contribution in [0.2, 0.25) is 5.02 Å². The number of ether oxygens (including phenoxy) is 1. The van der Waals surface area contributed by atoms with Crippen molar-refractivity contribution in [3.8, 4) is 0 Å². The van der Waals surface area contributed by atoms with E-state index in [1.54, 1.807) is 7.11 Å². The van der Waals surface area contributed by atoms with E-state index in [0.717, 1.165) is 17.9 Å². The number of likely N-dealkylation sites (N-methyl/N-ethyl adjacent to an activating group) is 1. The molecule has 0 bridgehead atoms. The Balaban J connectivity index is 2.28. The Kier molecular flexibility index (Phi) is 5.67. The van der Waals surface area contributed by atoms with E-state index in [1.807, 2.05) is 18.2 Å². The Morgan fingerprint density at radius 3 is 2.86 bits per heavy atom. The number of nitrogens with two attached hydrogens (primary N) is 1. The van der Waals surface area contributed by atoms with Crippen LogP contribution in [0.25, 0.3) is 0 Å². The molecule has 3 atom stereocenters. The molecule has 21 heavy (non-hydrogen) atoms. The molecule has 1 aliphatic carbocycles. The van der Waals surface area contributed by atoms with Crippen LogP contribution >= 0.6 is 11.6 Å². The second kappa shape index (κ2) is 7.10. The fraction of sp³-hybridized carbons (Fsp3) is 0.647. The maximum absolute atomic E-state index is 6.20. The van der Waals surface area contributed by atoms with Gasteiger partial charge in [0, 0.05) is 24.7 Å². The first-order valence-corrected chi connectivity index (χ1v) is 8.14. The number of methoxy groups -OCH3 is 1. The van der Waals surface area contributed by atoms with Gasteiger partial charge in [-0.1, -0.05) is 36.6 Å². The minimum Gasteiger partial charge on any atom is -0.379 e. The summed E-state index contributed by atoms with van der Waals surface area (Å²) in [5.41, 5.74) is 7.34. The third-order valence-corrected chi connectivity index (χ3v) is 5.41. The van der Waals surface area contributed by atoms with Gasteiger partial charge < -0.3 is 10.5 Å². The van der Waals surface area contributed by atoms with Crippen LogP contribution in [0.4, 0.5) is 0 Å². The van der Waals surface area contributed by atoms with Gasteiger partial charge in [-0.3, -0.25) is 4.90 Å². The average molecular weight is 311 g/mol. The molecule has 0 amide bonds. The molecule has 2 rings (SSSR count). The summed E-state index contributed by atoms with van der Waals surface area (Å²) in [5.74, 6) is 0. The predicted molar refractivity (Wildman–Crippen MR) is 88.7 cm³/mol. The van der Waals surface area contributed by atoms with E-state index in [-0.39, 0.29) is 17.7 Å². The monoisotopic (exact) mass is 310 g/mol. The molecule has 2 N–H and O–H groups in total. The summed E-state index contributed by atoms with van der Waals surface area (Å²) in [6.45, 7) is 2.83. The van der Waals surface area contributed by atoms with Gasteiger partial charge in [-0.25, -0.2) is 0 Å². The Hall–Kier alpha value is -0.610. The van der Waals surface area contributed by atoms with Crippen molar-refractivity contribution in [1.82, 2.24) is 4.90 Å². The van der Waals surface area contributed by atoms with E-state index in [4.69, 9.17) is 22.1 Å². The minimum absolute atomic E-state index is 0.0886. The van der Waals surface area contributed by atoms with Gasteiger partial charge in [-0.15, -0.1) is 0 Å². The summed E-state index contributed by atoms with van der Waals surface area (Å²) in [5, 5.41) is 0.779. The van der Waals surface area contributed by atoms with Crippen LogP contribution in [0.3, 0.4) is 0 Å². The molecule has 1 fully saturated rings. The number of halogens is 1. The van der Waals surface area contributed by atoms with E-state index in [0.29, 0.717) is 6.54 Å². The summed E-state index contributed by atoms with van der Waals surface area (Å²) in [7, 11) is 3.97. The van der Waals surface area contributed by atoms with Gasteiger partial charge in [-0.05, 0) is 44.5 Å². The summed E-state index contributed by atoms with van der Waals surface area (Å²) in [4.78, 5) is 2.39. The van der Waals surface area contributed by atoms with E-state index >= 15 is 0 Å². The molecule has 1 aliphatic rings. The zero-order chi connectivity index (χ0) is 15.5. The van der Waals surface area contributed by atoms with E-state index in [9.17, 15) is 0 Å². The van der Waals surface area contributed by atoms with Crippen molar-refractivity contribution >= 4 is 11.6 Å². The third kappa shape index (κ3) is 3.26.